The van der Waals surface area contributed by atoms with Crippen LogP contribution in [0.15, 0.2) is 45.9 Å². The molecule has 0 bridgehead atoms. The van der Waals surface area contributed by atoms with Gasteiger partial charge >= 0.3 is 5.63 Å². The second-order valence-electron chi connectivity index (χ2n) is 4.31. The van der Waals surface area contributed by atoms with Gasteiger partial charge in [0.1, 0.15) is 22.6 Å². The molecule has 0 amide bonds. The first-order valence-electron chi connectivity index (χ1n) is 5.88. The van der Waals surface area contributed by atoms with Crippen molar-refractivity contribution in [3.8, 4) is 6.07 Å². The van der Waals surface area contributed by atoms with E-state index in [1.807, 2.05) is 18.2 Å². The fourth-order valence-electron chi connectivity index (χ4n) is 2.32. The van der Waals surface area contributed by atoms with Gasteiger partial charge in [-0.2, -0.15) is 10.4 Å². The third-order valence-corrected chi connectivity index (χ3v) is 3.21. The Morgan fingerprint density at radius 2 is 2.05 bits per heavy atom. The summed E-state index contributed by atoms with van der Waals surface area (Å²) >= 11 is 0. The van der Waals surface area contributed by atoms with E-state index in [9.17, 15) is 4.79 Å². The van der Waals surface area contributed by atoms with Crippen LogP contribution in [0.25, 0.3) is 27.5 Å². The third kappa shape index (κ3) is 1.23. The molecule has 0 saturated heterocycles. The van der Waals surface area contributed by atoms with E-state index in [-0.39, 0.29) is 0 Å². The van der Waals surface area contributed by atoms with E-state index in [1.54, 1.807) is 12.1 Å². The average molecular weight is 262 g/mol. The molecule has 0 radical (unpaired) electrons. The monoisotopic (exact) mass is 262 g/mol. The van der Waals surface area contributed by atoms with Crippen molar-refractivity contribution in [1.82, 2.24) is 14.6 Å². The van der Waals surface area contributed by atoms with Gasteiger partial charge in [0.05, 0.1) is 11.7 Å². The van der Waals surface area contributed by atoms with Crippen LogP contribution >= 0.6 is 0 Å². The number of aromatic nitrogens is 3. The van der Waals surface area contributed by atoms with Crippen LogP contribution in [0.4, 0.5) is 0 Å². The molecule has 0 unspecified atom stereocenters. The van der Waals surface area contributed by atoms with Gasteiger partial charge in [-0.1, -0.05) is 12.1 Å². The zero-order chi connectivity index (χ0) is 13.7. The highest BCUT2D eigenvalue weighted by Gasteiger charge is 2.14. The van der Waals surface area contributed by atoms with E-state index in [0.29, 0.717) is 27.7 Å². The van der Waals surface area contributed by atoms with Gasteiger partial charge in [-0.3, -0.25) is 0 Å². The average Bonchev–Trinajstić information content (AvgIpc) is 2.90. The van der Waals surface area contributed by atoms with E-state index in [4.69, 9.17) is 9.68 Å². The van der Waals surface area contributed by atoms with Gasteiger partial charge in [-0.05, 0) is 12.1 Å². The molecule has 0 aliphatic heterocycles. The van der Waals surface area contributed by atoms with Crippen LogP contribution in [-0.4, -0.2) is 14.6 Å². The molecular weight excluding hydrogens is 256 g/mol. The van der Waals surface area contributed by atoms with Gasteiger partial charge < -0.3 is 4.42 Å². The second-order valence-corrected chi connectivity index (χ2v) is 4.31. The van der Waals surface area contributed by atoms with Crippen molar-refractivity contribution in [2.24, 2.45) is 0 Å². The van der Waals surface area contributed by atoms with Crippen molar-refractivity contribution in [3.63, 3.8) is 0 Å². The summed E-state index contributed by atoms with van der Waals surface area (Å²) < 4.78 is 6.76. The van der Waals surface area contributed by atoms with Crippen LogP contribution in [0.1, 0.15) is 5.56 Å². The number of benzene rings is 1. The van der Waals surface area contributed by atoms with E-state index in [0.717, 1.165) is 5.39 Å². The lowest BCUT2D eigenvalue weighted by Gasteiger charge is -2.03. The maximum Gasteiger partial charge on any atom is 0.347 e. The number of para-hydroxylation sites is 1. The summed E-state index contributed by atoms with van der Waals surface area (Å²) in [6, 6.07) is 9.23. The maximum absolute atomic E-state index is 12.0. The Labute approximate surface area is 111 Å². The molecule has 3 aromatic heterocycles. The Hall–Kier alpha value is -3.20. The fraction of sp³-hybridized carbons (Fsp3) is 0. The third-order valence-electron chi connectivity index (χ3n) is 3.21. The number of nitriles is 1. The molecule has 0 aliphatic rings. The maximum atomic E-state index is 12.0. The zero-order valence-corrected chi connectivity index (χ0v) is 10.1. The summed E-state index contributed by atoms with van der Waals surface area (Å²) in [6.07, 6.45) is 2.86. The van der Waals surface area contributed by atoms with E-state index < -0.39 is 5.63 Å². The quantitative estimate of drug-likeness (QED) is 0.356. The summed E-state index contributed by atoms with van der Waals surface area (Å²) in [6.45, 7) is 0. The van der Waals surface area contributed by atoms with Crippen LogP contribution in [0.3, 0.4) is 0 Å². The standard InChI is InChI=1S/C14H6N4O2/c15-5-8-6-17-18-12-9-3-1-2-4-11(9)20-14(19)10(12)7-16-13(8)18/h1-4,6-7H. The predicted octanol–water partition coefficient (Wildman–Crippen LogP) is 1.86. The number of nitrogens with zero attached hydrogens (tertiary/aromatic N) is 4. The summed E-state index contributed by atoms with van der Waals surface area (Å²) in [4.78, 5) is 16.1. The van der Waals surface area contributed by atoms with Crippen LogP contribution < -0.4 is 5.63 Å². The van der Waals surface area contributed by atoms with E-state index in [1.165, 1.54) is 16.9 Å². The molecule has 20 heavy (non-hydrogen) atoms. The van der Waals surface area contributed by atoms with Crippen LogP contribution in [-0.2, 0) is 0 Å². The van der Waals surface area contributed by atoms with Crippen LogP contribution in [0.5, 0.6) is 0 Å². The molecule has 4 aromatic rings. The number of rotatable bonds is 0. The van der Waals surface area contributed by atoms with Crippen molar-refractivity contribution in [3.05, 3.63) is 52.6 Å². The molecule has 0 saturated carbocycles. The lowest BCUT2D eigenvalue weighted by atomic mass is 10.2. The predicted molar refractivity (Wildman–Crippen MR) is 71.3 cm³/mol. The molecule has 6 heteroatoms. The van der Waals surface area contributed by atoms with Crippen molar-refractivity contribution in [2.75, 3.05) is 0 Å². The molecular formula is C14H6N4O2. The minimum atomic E-state index is -0.470. The summed E-state index contributed by atoms with van der Waals surface area (Å²) in [5.41, 5.74) is 1.40. The molecule has 0 N–H and O–H groups in total. The molecule has 0 aliphatic carbocycles. The minimum absolute atomic E-state index is 0.337. The Bertz CT molecular complexity index is 1090. The normalized spacial score (nSPS) is 11.2. The summed E-state index contributed by atoms with van der Waals surface area (Å²) in [5.74, 6) is 0. The highest BCUT2D eigenvalue weighted by atomic mass is 16.4. The van der Waals surface area contributed by atoms with Gasteiger partial charge in [0, 0.05) is 11.6 Å². The van der Waals surface area contributed by atoms with Gasteiger partial charge in [0.2, 0.25) is 0 Å². The van der Waals surface area contributed by atoms with Crippen molar-refractivity contribution in [1.29, 1.82) is 5.26 Å². The molecule has 4 rings (SSSR count). The Balaban J connectivity index is 2.40. The molecule has 6 nitrogen and oxygen atoms in total. The summed E-state index contributed by atoms with van der Waals surface area (Å²) in [5, 5.41) is 14.3. The van der Waals surface area contributed by atoms with E-state index in [2.05, 4.69) is 10.1 Å². The fourth-order valence-corrected chi connectivity index (χ4v) is 2.32. The molecule has 0 spiro atoms. The van der Waals surface area contributed by atoms with E-state index >= 15 is 0 Å². The largest absolute Gasteiger partial charge is 0.422 e. The smallest absolute Gasteiger partial charge is 0.347 e. The van der Waals surface area contributed by atoms with Crippen molar-refractivity contribution < 1.29 is 4.42 Å². The first-order valence-corrected chi connectivity index (χ1v) is 5.88. The second kappa shape index (κ2) is 3.65. The first kappa shape index (κ1) is 10.7. The lowest BCUT2D eigenvalue weighted by Crippen LogP contribution is -2.05. The van der Waals surface area contributed by atoms with Crippen LogP contribution in [0, 0.1) is 11.3 Å². The topological polar surface area (TPSA) is 84.2 Å². The summed E-state index contributed by atoms with van der Waals surface area (Å²) in [7, 11) is 0. The van der Waals surface area contributed by atoms with Gasteiger partial charge in [-0.15, -0.1) is 0 Å². The van der Waals surface area contributed by atoms with Gasteiger partial charge in [-0.25, -0.2) is 14.3 Å². The number of hydrogen-bond acceptors (Lipinski definition) is 5. The lowest BCUT2D eigenvalue weighted by molar-refractivity contribution is 0.569. The van der Waals surface area contributed by atoms with Crippen molar-refractivity contribution >= 4 is 27.5 Å². The Morgan fingerprint density at radius 3 is 2.90 bits per heavy atom. The van der Waals surface area contributed by atoms with Crippen molar-refractivity contribution in [2.45, 2.75) is 0 Å². The first-order chi connectivity index (χ1) is 9.79. The SMILES string of the molecule is N#Cc1cnn2c1ncc1c(=O)oc3ccccc3c12. The molecule has 1 aromatic carbocycles. The van der Waals surface area contributed by atoms with Gasteiger partial charge in [0.25, 0.3) is 0 Å². The molecule has 0 atom stereocenters. The van der Waals surface area contributed by atoms with Gasteiger partial charge in [0.15, 0.2) is 5.65 Å². The zero-order valence-electron chi connectivity index (χ0n) is 10.1. The molecule has 3 heterocycles. The molecule has 94 valence electrons. The van der Waals surface area contributed by atoms with Crippen LogP contribution in [0.2, 0.25) is 0 Å². The Morgan fingerprint density at radius 1 is 1.20 bits per heavy atom. The number of hydrogen-bond donors (Lipinski definition) is 0. The molecule has 0 fully saturated rings. The Kier molecular flexibility index (Phi) is 1.95. The minimum Gasteiger partial charge on any atom is -0.422 e. The highest BCUT2D eigenvalue weighted by Crippen LogP contribution is 2.23. The highest BCUT2D eigenvalue weighted by molar-refractivity contribution is 6.02. The number of fused-ring (bicyclic) bond motifs is 5.